The normalized spacial score (nSPS) is 10.3. The molecule has 0 aliphatic heterocycles. The number of anilines is 1. The molecule has 0 atom stereocenters. The predicted molar refractivity (Wildman–Crippen MR) is 71.5 cm³/mol. The minimum Gasteiger partial charge on any atom is -0.463 e. The number of carbonyl (C=O) groups excluding carboxylic acids is 1. The van der Waals surface area contributed by atoms with E-state index in [0.717, 1.165) is 4.47 Å². The number of hydrogen-bond donors (Lipinski definition) is 1. The predicted octanol–water partition coefficient (Wildman–Crippen LogP) is 3.58. The molecule has 100 valence electrons. The fourth-order valence-corrected chi connectivity index (χ4v) is 1.89. The Morgan fingerprint density at radius 2 is 2.21 bits per heavy atom. The first kappa shape index (κ1) is 13.6. The highest BCUT2D eigenvalue weighted by Crippen LogP contribution is 2.23. The van der Waals surface area contributed by atoms with Crippen LogP contribution in [0.1, 0.15) is 16.3 Å². The largest absolute Gasteiger partial charge is 0.463 e. The van der Waals surface area contributed by atoms with Gasteiger partial charge in [-0.1, -0.05) is 0 Å². The number of benzene rings is 1. The molecule has 0 aliphatic carbocycles. The Labute approximate surface area is 117 Å². The number of hydrogen-bond acceptors (Lipinski definition) is 4. The van der Waals surface area contributed by atoms with Gasteiger partial charge in [0.15, 0.2) is 0 Å². The van der Waals surface area contributed by atoms with Gasteiger partial charge in [0.1, 0.15) is 11.6 Å². The molecule has 6 heteroatoms. The quantitative estimate of drug-likeness (QED) is 0.872. The molecule has 0 saturated carbocycles. The molecule has 0 radical (unpaired) electrons. The number of nitrogens with one attached hydrogen (secondary N) is 1. The third kappa shape index (κ3) is 3.35. The average Bonchev–Trinajstić information content (AvgIpc) is 2.88. The van der Waals surface area contributed by atoms with Crippen molar-refractivity contribution in [2.75, 3.05) is 12.4 Å². The van der Waals surface area contributed by atoms with Gasteiger partial charge in [0.05, 0.1) is 19.3 Å². The molecule has 1 heterocycles. The van der Waals surface area contributed by atoms with Gasteiger partial charge < -0.3 is 14.5 Å². The standard InChI is InChI=1S/C13H11BrFNO3/c1-18-13(17)12-5-3-9(19-12)7-16-11-6-8(15)2-4-10(11)14/h2-6,16H,7H2,1H3. The van der Waals surface area contributed by atoms with Crippen LogP contribution in [-0.2, 0) is 11.3 Å². The molecule has 4 nitrogen and oxygen atoms in total. The Hall–Kier alpha value is -1.82. The minimum absolute atomic E-state index is 0.137. The van der Waals surface area contributed by atoms with Crippen molar-refractivity contribution in [3.63, 3.8) is 0 Å². The second kappa shape index (κ2) is 5.88. The van der Waals surface area contributed by atoms with Gasteiger partial charge in [0.2, 0.25) is 5.76 Å². The maximum atomic E-state index is 13.1. The number of rotatable bonds is 4. The summed E-state index contributed by atoms with van der Waals surface area (Å²) >= 11 is 3.31. The van der Waals surface area contributed by atoms with Gasteiger partial charge >= 0.3 is 5.97 Å². The van der Waals surface area contributed by atoms with E-state index in [1.807, 2.05) is 0 Å². The van der Waals surface area contributed by atoms with Crippen LogP contribution >= 0.6 is 15.9 Å². The van der Waals surface area contributed by atoms with E-state index in [1.54, 1.807) is 12.1 Å². The number of ether oxygens (including phenoxy) is 1. The molecule has 0 unspecified atom stereocenters. The van der Waals surface area contributed by atoms with Crippen molar-refractivity contribution < 1.29 is 18.3 Å². The number of esters is 1. The third-order valence-corrected chi connectivity index (χ3v) is 3.12. The Morgan fingerprint density at radius 1 is 1.42 bits per heavy atom. The summed E-state index contributed by atoms with van der Waals surface area (Å²) in [7, 11) is 1.28. The van der Waals surface area contributed by atoms with E-state index in [4.69, 9.17) is 4.42 Å². The summed E-state index contributed by atoms with van der Waals surface area (Å²) in [6, 6.07) is 7.53. The van der Waals surface area contributed by atoms with Gasteiger partial charge in [0, 0.05) is 4.47 Å². The topological polar surface area (TPSA) is 51.5 Å². The monoisotopic (exact) mass is 327 g/mol. The van der Waals surface area contributed by atoms with Crippen LogP contribution in [0.2, 0.25) is 0 Å². The minimum atomic E-state index is -0.529. The van der Waals surface area contributed by atoms with Crippen LogP contribution < -0.4 is 5.32 Å². The Kier molecular flexibility index (Phi) is 4.21. The zero-order valence-electron chi connectivity index (χ0n) is 10.1. The third-order valence-electron chi connectivity index (χ3n) is 2.43. The van der Waals surface area contributed by atoms with Gasteiger partial charge in [-0.2, -0.15) is 0 Å². The van der Waals surface area contributed by atoms with Crippen molar-refractivity contribution in [2.45, 2.75) is 6.54 Å². The summed E-state index contributed by atoms with van der Waals surface area (Å²) in [6.45, 7) is 0.332. The van der Waals surface area contributed by atoms with Crippen molar-refractivity contribution in [2.24, 2.45) is 0 Å². The summed E-state index contributed by atoms with van der Waals surface area (Å²) in [5.41, 5.74) is 0.607. The Balaban J connectivity index is 2.04. The highest BCUT2D eigenvalue weighted by atomic mass is 79.9. The summed E-state index contributed by atoms with van der Waals surface area (Å²) in [4.78, 5) is 11.2. The molecule has 0 spiro atoms. The zero-order valence-corrected chi connectivity index (χ0v) is 11.7. The zero-order chi connectivity index (χ0) is 13.8. The fourth-order valence-electron chi connectivity index (χ4n) is 1.50. The Bertz CT molecular complexity index is 597. The average molecular weight is 328 g/mol. The van der Waals surface area contributed by atoms with Crippen molar-refractivity contribution >= 4 is 27.6 Å². The SMILES string of the molecule is COC(=O)c1ccc(CNc2cc(F)ccc2Br)o1. The van der Waals surface area contributed by atoms with E-state index in [1.165, 1.54) is 25.3 Å². The van der Waals surface area contributed by atoms with E-state index >= 15 is 0 Å². The molecule has 1 N–H and O–H groups in total. The molecule has 2 aromatic rings. The van der Waals surface area contributed by atoms with Crippen LogP contribution in [-0.4, -0.2) is 13.1 Å². The molecule has 0 bridgehead atoms. The van der Waals surface area contributed by atoms with Crippen molar-refractivity contribution in [3.8, 4) is 0 Å². The number of methoxy groups -OCH3 is 1. The number of furan rings is 1. The molecule has 0 saturated heterocycles. The van der Waals surface area contributed by atoms with Crippen LogP contribution in [0.3, 0.4) is 0 Å². The molecule has 0 amide bonds. The fraction of sp³-hybridized carbons (Fsp3) is 0.154. The van der Waals surface area contributed by atoms with Crippen LogP contribution in [0.5, 0.6) is 0 Å². The van der Waals surface area contributed by atoms with Crippen molar-refractivity contribution in [1.29, 1.82) is 0 Å². The second-order valence-corrected chi connectivity index (χ2v) is 4.59. The molecular weight excluding hydrogens is 317 g/mol. The highest BCUT2D eigenvalue weighted by molar-refractivity contribution is 9.10. The molecule has 1 aromatic heterocycles. The number of halogens is 2. The van der Waals surface area contributed by atoms with Crippen LogP contribution in [0.25, 0.3) is 0 Å². The van der Waals surface area contributed by atoms with Gasteiger partial charge in [-0.15, -0.1) is 0 Å². The van der Waals surface area contributed by atoms with E-state index in [-0.39, 0.29) is 11.6 Å². The molecule has 0 fully saturated rings. The number of carbonyl (C=O) groups is 1. The first-order valence-corrected chi connectivity index (χ1v) is 6.25. The first-order chi connectivity index (χ1) is 9.10. The first-order valence-electron chi connectivity index (χ1n) is 5.46. The molecule has 19 heavy (non-hydrogen) atoms. The van der Waals surface area contributed by atoms with Gasteiger partial charge in [-0.3, -0.25) is 0 Å². The van der Waals surface area contributed by atoms with E-state index in [0.29, 0.717) is 18.0 Å². The van der Waals surface area contributed by atoms with Crippen molar-refractivity contribution in [1.82, 2.24) is 0 Å². The van der Waals surface area contributed by atoms with Gasteiger partial charge in [0.25, 0.3) is 0 Å². The molecular formula is C13H11BrFNO3. The Morgan fingerprint density at radius 3 is 2.95 bits per heavy atom. The van der Waals surface area contributed by atoms with E-state index in [9.17, 15) is 9.18 Å². The van der Waals surface area contributed by atoms with E-state index in [2.05, 4.69) is 26.0 Å². The lowest BCUT2D eigenvalue weighted by atomic mass is 10.3. The lowest BCUT2D eigenvalue weighted by Crippen LogP contribution is -2.00. The van der Waals surface area contributed by atoms with E-state index < -0.39 is 5.97 Å². The van der Waals surface area contributed by atoms with Gasteiger partial charge in [-0.25, -0.2) is 9.18 Å². The maximum Gasteiger partial charge on any atom is 0.373 e. The molecule has 0 aliphatic rings. The summed E-state index contributed by atoms with van der Waals surface area (Å²) in [5.74, 6) is -0.173. The molecule has 2 rings (SSSR count). The maximum absolute atomic E-state index is 13.1. The smallest absolute Gasteiger partial charge is 0.373 e. The van der Waals surface area contributed by atoms with Crippen LogP contribution in [0.15, 0.2) is 39.2 Å². The molecule has 1 aromatic carbocycles. The highest BCUT2D eigenvalue weighted by Gasteiger charge is 2.11. The lowest BCUT2D eigenvalue weighted by molar-refractivity contribution is 0.0563. The summed E-state index contributed by atoms with van der Waals surface area (Å²) in [5, 5.41) is 3.01. The van der Waals surface area contributed by atoms with Crippen LogP contribution in [0.4, 0.5) is 10.1 Å². The van der Waals surface area contributed by atoms with Gasteiger partial charge in [-0.05, 0) is 46.3 Å². The van der Waals surface area contributed by atoms with Crippen molar-refractivity contribution in [3.05, 3.63) is 52.1 Å². The summed E-state index contributed by atoms with van der Waals surface area (Å²) < 4.78 is 23.6. The lowest BCUT2D eigenvalue weighted by Gasteiger charge is -2.06. The summed E-state index contributed by atoms with van der Waals surface area (Å²) in [6.07, 6.45) is 0. The second-order valence-electron chi connectivity index (χ2n) is 3.74. The van der Waals surface area contributed by atoms with Crippen LogP contribution in [0, 0.1) is 5.82 Å².